The van der Waals surface area contributed by atoms with Crippen LogP contribution in [0.4, 0.5) is 13.2 Å². The lowest BCUT2D eigenvalue weighted by molar-refractivity contribution is -0.0517. The van der Waals surface area contributed by atoms with E-state index in [2.05, 4.69) is 55.0 Å². The Kier molecular flexibility index (Phi) is 6.39. The molecule has 0 N–H and O–H groups in total. The Labute approximate surface area is 161 Å². The predicted molar refractivity (Wildman–Crippen MR) is 100 cm³/mol. The number of benzene rings is 1. The number of fused-ring (bicyclic) bond motifs is 1. The van der Waals surface area contributed by atoms with Gasteiger partial charge in [0.15, 0.2) is 19.5 Å². The van der Waals surface area contributed by atoms with E-state index >= 15 is 0 Å². The van der Waals surface area contributed by atoms with Gasteiger partial charge in [0.25, 0.3) is 0 Å². The summed E-state index contributed by atoms with van der Waals surface area (Å²) in [6.45, 7) is 4.44. The van der Waals surface area contributed by atoms with Crippen LogP contribution in [-0.4, -0.2) is 29.3 Å². The first-order chi connectivity index (χ1) is 12.0. The molecule has 0 unspecified atom stereocenters. The molecule has 2 heterocycles. The van der Waals surface area contributed by atoms with E-state index in [-0.39, 0.29) is 0 Å². The summed E-state index contributed by atoms with van der Waals surface area (Å²) in [5.74, 6) is 0. The lowest BCUT2D eigenvalue weighted by Gasteiger charge is -2.08. The Balaban J connectivity index is 0.000000260. The summed E-state index contributed by atoms with van der Waals surface area (Å²) < 4.78 is 65.6. The minimum Gasteiger partial charge on any atom is -0.741 e. The summed E-state index contributed by atoms with van der Waals surface area (Å²) in [5, 5.41) is 0. The third kappa shape index (κ3) is 4.39. The van der Waals surface area contributed by atoms with Gasteiger partial charge in [0.1, 0.15) is 22.7 Å². The first kappa shape index (κ1) is 21.2. The summed E-state index contributed by atoms with van der Waals surface area (Å²) in [6, 6.07) is 10.6. The average molecular weight is 442 g/mol. The average Bonchev–Trinajstić information content (AvgIpc) is 3.07. The zero-order valence-electron chi connectivity index (χ0n) is 13.8. The van der Waals surface area contributed by atoms with Crippen LogP contribution in [0.3, 0.4) is 0 Å². The summed E-state index contributed by atoms with van der Waals surface area (Å²) in [7, 11) is -6.09. The van der Waals surface area contributed by atoms with E-state index in [1.54, 1.807) is 0 Å². The molecule has 0 atom stereocenters. The van der Waals surface area contributed by atoms with Gasteiger partial charge in [-0.25, -0.2) is 8.42 Å². The number of hydrogen-bond acceptors (Lipinski definition) is 5. The first-order valence-electron chi connectivity index (χ1n) is 7.03. The fourth-order valence-electron chi connectivity index (χ4n) is 2.26. The van der Waals surface area contributed by atoms with Gasteiger partial charge in [0.05, 0.1) is 11.4 Å². The maximum Gasteiger partial charge on any atom is 0.485 e. The van der Waals surface area contributed by atoms with Crippen molar-refractivity contribution < 1.29 is 26.1 Å². The van der Waals surface area contributed by atoms with Gasteiger partial charge in [-0.1, -0.05) is 30.0 Å². The quantitative estimate of drug-likeness (QED) is 0.230. The molecule has 0 saturated heterocycles. The lowest BCUT2D eigenvalue weighted by atomic mass is 10.3. The predicted octanol–water partition coefficient (Wildman–Crippen LogP) is 5.42. The summed E-state index contributed by atoms with van der Waals surface area (Å²) in [4.78, 5) is 0. The molecule has 142 valence electrons. The van der Waals surface area contributed by atoms with Gasteiger partial charge in [0.2, 0.25) is 0 Å². The summed E-state index contributed by atoms with van der Waals surface area (Å²) in [6.07, 6.45) is 2.15. The minimum atomic E-state index is -6.09. The van der Waals surface area contributed by atoms with E-state index in [9.17, 15) is 13.2 Å². The number of alkyl halides is 3. The monoisotopic (exact) mass is 441 g/mol. The molecule has 0 aliphatic heterocycles. The molecule has 0 amide bonds. The second-order valence-corrected chi connectivity index (χ2v) is 10.1. The van der Waals surface area contributed by atoms with Crippen molar-refractivity contribution in [1.29, 1.82) is 0 Å². The molecule has 0 aliphatic carbocycles. The fraction of sp³-hybridized carbons (Fsp3) is 0.267. The maximum atomic E-state index is 10.7. The summed E-state index contributed by atoms with van der Waals surface area (Å²) in [5.41, 5.74) is -1.67. The van der Waals surface area contributed by atoms with E-state index < -0.39 is 15.6 Å². The number of para-hydroxylation sites is 1. The van der Waals surface area contributed by atoms with Gasteiger partial charge in [-0.15, -0.1) is 0 Å². The number of thioether (sulfide) groups is 1. The Morgan fingerprint density at radius 3 is 2.12 bits per heavy atom. The van der Waals surface area contributed by atoms with Crippen LogP contribution < -0.4 is 0 Å². The van der Waals surface area contributed by atoms with Crippen molar-refractivity contribution in [3.63, 3.8) is 0 Å². The Hall–Kier alpha value is -1.14. The molecule has 4 nitrogen and oxygen atoms in total. The van der Waals surface area contributed by atoms with Crippen molar-refractivity contribution in [2.24, 2.45) is 0 Å². The van der Waals surface area contributed by atoms with Crippen molar-refractivity contribution in [2.45, 2.75) is 22.9 Å². The standard InChI is InChI=1S/C14H14NS3.CHF3O3S/c1-9-12-13(18-14(16-3)17-12)10(2)15(9)11-7-5-4-6-8-11;2-1(3,4)8(5,6)7/h4-8H,1-3H3;(H,5,6,7)/q+1;/p-1. The molecule has 11 heteroatoms. The lowest BCUT2D eigenvalue weighted by Crippen LogP contribution is -2.21. The van der Waals surface area contributed by atoms with Crippen LogP contribution in [0.2, 0.25) is 0 Å². The van der Waals surface area contributed by atoms with Gasteiger partial charge in [-0.05, 0) is 32.2 Å². The van der Waals surface area contributed by atoms with Gasteiger partial charge in [0, 0.05) is 5.69 Å². The number of aromatic nitrogens is 1. The number of aryl methyl sites for hydroxylation is 2. The van der Waals surface area contributed by atoms with Crippen LogP contribution in [0.15, 0.2) is 33.9 Å². The van der Waals surface area contributed by atoms with E-state index in [1.165, 1.54) is 30.0 Å². The van der Waals surface area contributed by atoms with Gasteiger partial charge < -0.3 is 9.12 Å². The minimum absolute atomic E-state index is 1.26. The topological polar surface area (TPSA) is 62.1 Å². The van der Waals surface area contributed by atoms with Crippen LogP contribution in [-0.2, 0) is 10.1 Å². The molecular formula is C15H14F3NO3S4. The molecule has 0 fully saturated rings. The third-order valence-electron chi connectivity index (χ3n) is 3.37. The second-order valence-electron chi connectivity index (χ2n) is 5.06. The zero-order chi connectivity index (χ0) is 19.7. The van der Waals surface area contributed by atoms with Crippen LogP contribution >= 0.6 is 34.4 Å². The third-order valence-corrected chi connectivity index (χ3v) is 8.14. The van der Waals surface area contributed by atoms with Gasteiger partial charge in [-0.3, -0.25) is 0 Å². The van der Waals surface area contributed by atoms with Crippen molar-refractivity contribution in [3.8, 4) is 5.69 Å². The molecule has 1 aromatic carbocycles. The highest BCUT2D eigenvalue weighted by molar-refractivity contribution is 8.02. The molecule has 26 heavy (non-hydrogen) atoms. The molecule has 3 rings (SSSR count). The highest BCUT2D eigenvalue weighted by Crippen LogP contribution is 2.42. The maximum absolute atomic E-state index is 10.7. The molecular weight excluding hydrogens is 427 g/mol. The largest absolute Gasteiger partial charge is 0.741 e. The molecule has 0 bridgehead atoms. The van der Waals surface area contributed by atoms with E-state index in [4.69, 9.17) is 13.0 Å². The fourth-order valence-corrected chi connectivity index (χ4v) is 5.63. The molecule has 0 aliphatic rings. The van der Waals surface area contributed by atoms with Crippen LogP contribution in [0.1, 0.15) is 11.4 Å². The number of nitrogens with zero attached hydrogens (tertiary/aromatic N) is 1. The van der Waals surface area contributed by atoms with Crippen LogP contribution in [0.25, 0.3) is 15.1 Å². The first-order valence-corrected chi connectivity index (χ1v) is 11.3. The van der Waals surface area contributed by atoms with E-state index in [0.29, 0.717) is 0 Å². The van der Waals surface area contributed by atoms with Crippen molar-refractivity contribution in [1.82, 2.24) is 4.57 Å². The number of hydrogen-bond donors (Lipinski definition) is 0. The Morgan fingerprint density at radius 1 is 1.15 bits per heavy atom. The molecule has 3 aromatic rings. The van der Waals surface area contributed by atoms with Crippen molar-refractivity contribution in [2.75, 3.05) is 6.26 Å². The number of halogens is 3. The number of rotatable bonds is 2. The van der Waals surface area contributed by atoms with Gasteiger partial charge in [-0.2, -0.15) is 13.2 Å². The highest BCUT2D eigenvalue weighted by atomic mass is 32.2. The highest BCUT2D eigenvalue weighted by Gasteiger charge is 2.36. The van der Waals surface area contributed by atoms with Crippen LogP contribution in [0, 0.1) is 13.8 Å². The van der Waals surface area contributed by atoms with Gasteiger partial charge >= 0.3 is 9.03 Å². The molecule has 0 radical (unpaired) electrons. The van der Waals surface area contributed by atoms with E-state index in [1.807, 2.05) is 34.4 Å². The Morgan fingerprint density at radius 2 is 1.69 bits per heavy atom. The zero-order valence-corrected chi connectivity index (χ0v) is 17.1. The molecule has 0 spiro atoms. The smallest absolute Gasteiger partial charge is 0.485 e. The van der Waals surface area contributed by atoms with Crippen molar-refractivity contribution >= 4 is 54.0 Å². The summed E-state index contributed by atoms with van der Waals surface area (Å²) >= 11 is 5.67. The molecule has 2 aromatic heterocycles. The van der Waals surface area contributed by atoms with Crippen LogP contribution in [0.5, 0.6) is 0 Å². The second kappa shape index (κ2) is 7.85. The van der Waals surface area contributed by atoms with Crippen molar-refractivity contribution in [3.05, 3.63) is 41.7 Å². The SMILES string of the molecule is CSc1sc2c(C)n(-c3ccccc3)c(C)c2[s+]1.O=S(=O)([O-])C(F)(F)F. The molecule has 0 saturated carbocycles. The Bertz CT molecular complexity index is 971. The normalized spacial score (nSPS) is 12.1. The van der Waals surface area contributed by atoms with E-state index in [0.717, 1.165) is 0 Å².